The molecule has 0 radical (unpaired) electrons. The van der Waals surface area contributed by atoms with E-state index in [1.54, 1.807) is 4.90 Å². The van der Waals surface area contributed by atoms with Crippen LogP contribution in [0.1, 0.15) is 40.0 Å². The minimum absolute atomic E-state index is 0.192. The molecule has 0 bridgehead atoms. The number of hydrogen-bond donors (Lipinski definition) is 1. The molecule has 1 aliphatic heterocycles. The third-order valence-corrected chi connectivity index (χ3v) is 3.59. The van der Waals surface area contributed by atoms with E-state index in [1.165, 1.54) is 12.8 Å². The normalized spacial score (nSPS) is 27.1. The molecule has 2 unspecified atom stereocenters. The third kappa shape index (κ3) is 3.35. The number of rotatable bonds is 2. The fourth-order valence-electron chi connectivity index (χ4n) is 2.46. The molecule has 0 spiro atoms. The molecular formula is C13H24N2O2. The van der Waals surface area contributed by atoms with Crippen molar-refractivity contribution in [3.8, 4) is 0 Å². The number of ether oxygens (including phenoxy) is 1. The molecular weight excluding hydrogens is 216 g/mol. The Labute approximate surface area is 103 Å². The van der Waals surface area contributed by atoms with Crippen LogP contribution in [0.3, 0.4) is 0 Å². The third-order valence-electron chi connectivity index (χ3n) is 3.59. The Morgan fingerprint density at radius 2 is 1.94 bits per heavy atom. The van der Waals surface area contributed by atoms with E-state index in [2.05, 4.69) is 0 Å². The number of nitrogens with zero attached hydrogens (tertiary/aromatic N) is 1. The van der Waals surface area contributed by atoms with E-state index < -0.39 is 5.60 Å². The van der Waals surface area contributed by atoms with E-state index in [4.69, 9.17) is 10.5 Å². The van der Waals surface area contributed by atoms with Gasteiger partial charge in [-0.1, -0.05) is 0 Å². The van der Waals surface area contributed by atoms with Crippen LogP contribution in [0, 0.1) is 11.8 Å². The zero-order chi connectivity index (χ0) is 12.6. The molecule has 1 heterocycles. The molecule has 1 saturated carbocycles. The zero-order valence-corrected chi connectivity index (χ0v) is 11.1. The lowest BCUT2D eigenvalue weighted by Crippen LogP contribution is -2.38. The van der Waals surface area contributed by atoms with Gasteiger partial charge in [0.15, 0.2) is 0 Å². The van der Waals surface area contributed by atoms with Crippen LogP contribution in [0.2, 0.25) is 0 Å². The predicted molar refractivity (Wildman–Crippen MR) is 66.6 cm³/mol. The second kappa shape index (κ2) is 4.48. The van der Waals surface area contributed by atoms with E-state index in [0.29, 0.717) is 11.8 Å². The van der Waals surface area contributed by atoms with Gasteiger partial charge in [-0.25, -0.2) is 4.79 Å². The van der Waals surface area contributed by atoms with E-state index in [1.807, 2.05) is 20.8 Å². The van der Waals surface area contributed by atoms with Crippen LogP contribution < -0.4 is 5.73 Å². The standard InChI is InChI=1S/C13H24N2O2/c1-13(2,3)17-12(16)15-7-6-10(8-15)11(14)9-4-5-9/h9-11H,4-8,14H2,1-3H3. The lowest BCUT2D eigenvalue weighted by Gasteiger charge is -2.25. The van der Waals surface area contributed by atoms with Crippen molar-refractivity contribution >= 4 is 6.09 Å². The molecule has 2 atom stereocenters. The molecule has 4 heteroatoms. The van der Waals surface area contributed by atoms with Crippen molar-refractivity contribution in [2.75, 3.05) is 13.1 Å². The number of carbonyl (C=O) groups excluding carboxylic acids is 1. The fourth-order valence-corrected chi connectivity index (χ4v) is 2.46. The molecule has 0 aromatic rings. The molecule has 1 saturated heterocycles. The zero-order valence-electron chi connectivity index (χ0n) is 11.1. The summed E-state index contributed by atoms with van der Waals surface area (Å²) in [6.07, 6.45) is 3.37. The minimum Gasteiger partial charge on any atom is -0.444 e. The van der Waals surface area contributed by atoms with Crippen LogP contribution in [0.5, 0.6) is 0 Å². The Kier molecular flexibility index (Phi) is 3.34. The number of carbonyl (C=O) groups is 1. The molecule has 1 amide bonds. The Morgan fingerprint density at radius 3 is 2.47 bits per heavy atom. The van der Waals surface area contributed by atoms with Gasteiger partial charge in [0.1, 0.15) is 5.60 Å². The lowest BCUT2D eigenvalue weighted by atomic mass is 9.96. The summed E-state index contributed by atoms with van der Waals surface area (Å²) in [5, 5.41) is 0. The van der Waals surface area contributed by atoms with Gasteiger partial charge < -0.3 is 15.4 Å². The topological polar surface area (TPSA) is 55.6 Å². The maximum absolute atomic E-state index is 11.9. The van der Waals surface area contributed by atoms with Crippen molar-refractivity contribution in [1.82, 2.24) is 4.90 Å². The molecule has 98 valence electrons. The van der Waals surface area contributed by atoms with Crippen molar-refractivity contribution in [3.05, 3.63) is 0 Å². The second-order valence-corrected chi connectivity index (χ2v) is 6.39. The summed E-state index contributed by atoms with van der Waals surface area (Å²) in [7, 11) is 0. The Morgan fingerprint density at radius 1 is 1.29 bits per heavy atom. The Hall–Kier alpha value is -0.770. The van der Waals surface area contributed by atoms with Crippen molar-refractivity contribution in [2.24, 2.45) is 17.6 Å². The molecule has 1 aliphatic carbocycles. The van der Waals surface area contributed by atoms with Crippen molar-refractivity contribution in [3.63, 3.8) is 0 Å². The lowest BCUT2D eigenvalue weighted by molar-refractivity contribution is 0.0286. The van der Waals surface area contributed by atoms with Gasteiger partial charge in [-0.2, -0.15) is 0 Å². The van der Waals surface area contributed by atoms with Crippen LogP contribution in [0.25, 0.3) is 0 Å². The number of nitrogens with two attached hydrogens (primary N) is 1. The largest absolute Gasteiger partial charge is 0.444 e. The van der Waals surface area contributed by atoms with Crippen LogP contribution >= 0.6 is 0 Å². The Balaban J connectivity index is 1.82. The number of hydrogen-bond acceptors (Lipinski definition) is 3. The summed E-state index contributed by atoms with van der Waals surface area (Å²) in [4.78, 5) is 13.7. The monoisotopic (exact) mass is 240 g/mol. The van der Waals surface area contributed by atoms with Gasteiger partial charge >= 0.3 is 6.09 Å². The van der Waals surface area contributed by atoms with Crippen LogP contribution in [0.15, 0.2) is 0 Å². The maximum atomic E-state index is 11.9. The van der Waals surface area contributed by atoms with E-state index in [9.17, 15) is 4.79 Å². The SMILES string of the molecule is CC(C)(C)OC(=O)N1CCC(C(N)C2CC2)C1. The summed E-state index contributed by atoms with van der Waals surface area (Å²) < 4.78 is 5.37. The predicted octanol–water partition coefficient (Wildman–Crippen LogP) is 1.98. The highest BCUT2D eigenvalue weighted by molar-refractivity contribution is 5.68. The van der Waals surface area contributed by atoms with Gasteiger partial charge in [0.25, 0.3) is 0 Å². The van der Waals surface area contributed by atoms with E-state index in [0.717, 1.165) is 19.5 Å². The van der Waals surface area contributed by atoms with Crippen molar-refractivity contribution < 1.29 is 9.53 Å². The number of amides is 1. The van der Waals surface area contributed by atoms with Gasteiger partial charge in [0, 0.05) is 19.1 Å². The average molecular weight is 240 g/mol. The van der Waals surface area contributed by atoms with Crippen molar-refractivity contribution in [2.45, 2.75) is 51.7 Å². The highest BCUT2D eigenvalue weighted by Crippen LogP contribution is 2.37. The van der Waals surface area contributed by atoms with Crippen LogP contribution in [-0.4, -0.2) is 35.7 Å². The average Bonchev–Trinajstić information content (AvgIpc) is 2.91. The first-order chi connectivity index (χ1) is 7.87. The van der Waals surface area contributed by atoms with Gasteiger partial charge in [0.2, 0.25) is 0 Å². The highest BCUT2D eigenvalue weighted by Gasteiger charge is 2.39. The van der Waals surface area contributed by atoms with E-state index in [-0.39, 0.29) is 12.1 Å². The Bertz CT molecular complexity index is 294. The maximum Gasteiger partial charge on any atom is 0.410 e. The molecule has 2 N–H and O–H groups in total. The molecule has 2 rings (SSSR count). The smallest absolute Gasteiger partial charge is 0.410 e. The summed E-state index contributed by atoms with van der Waals surface area (Å²) >= 11 is 0. The summed E-state index contributed by atoms with van der Waals surface area (Å²) in [5.74, 6) is 1.17. The fraction of sp³-hybridized carbons (Fsp3) is 0.923. The molecule has 2 fully saturated rings. The first-order valence-corrected chi connectivity index (χ1v) is 6.60. The first kappa shape index (κ1) is 12.7. The quantitative estimate of drug-likeness (QED) is 0.803. The molecule has 0 aromatic heterocycles. The van der Waals surface area contributed by atoms with Crippen molar-refractivity contribution in [1.29, 1.82) is 0 Å². The van der Waals surface area contributed by atoms with Crippen LogP contribution in [0.4, 0.5) is 4.79 Å². The summed E-state index contributed by atoms with van der Waals surface area (Å²) in [6.45, 7) is 7.25. The number of likely N-dealkylation sites (tertiary alicyclic amines) is 1. The van der Waals surface area contributed by atoms with Gasteiger partial charge in [-0.3, -0.25) is 0 Å². The summed E-state index contributed by atoms with van der Waals surface area (Å²) in [5.41, 5.74) is 5.79. The molecule has 4 nitrogen and oxygen atoms in total. The summed E-state index contributed by atoms with van der Waals surface area (Å²) in [6, 6.07) is 0.280. The minimum atomic E-state index is -0.409. The molecule has 2 aliphatic rings. The second-order valence-electron chi connectivity index (χ2n) is 6.39. The first-order valence-electron chi connectivity index (χ1n) is 6.60. The van der Waals surface area contributed by atoms with E-state index >= 15 is 0 Å². The van der Waals surface area contributed by atoms with Gasteiger partial charge in [-0.15, -0.1) is 0 Å². The van der Waals surface area contributed by atoms with Gasteiger partial charge in [-0.05, 0) is 51.9 Å². The van der Waals surface area contributed by atoms with Gasteiger partial charge in [0.05, 0.1) is 0 Å². The van der Waals surface area contributed by atoms with Crippen LogP contribution in [-0.2, 0) is 4.74 Å². The molecule has 0 aromatic carbocycles. The highest BCUT2D eigenvalue weighted by atomic mass is 16.6. The molecule has 17 heavy (non-hydrogen) atoms.